The number of rotatable bonds is 4. The fourth-order valence-electron chi connectivity index (χ4n) is 4.09. The zero-order valence-corrected chi connectivity index (χ0v) is 20.5. The molecule has 8 nitrogen and oxygen atoms in total. The van der Waals surface area contributed by atoms with Gasteiger partial charge >= 0.3 is 0 Å². The van der Waals surface area contributed by atoms with Gasteiger partial charge in [0.25, 0.3) is 0 Å². The number of piperazine rings is 1. The Bertz CT molecular complexity index is 1560. The summed E-state index contributed by atoms with van der Waals surface area (Å²) in [5, 5.41) is 12.6. The van der Waals surface area contributed by atoms with Gasteiger partial charge in [-0.2, -0.15) is 5.26 Å². The second-order valence-electron chi connectivity index (χ2n) is 8.37. The molecule has 6 rings (SSSR count). The molecular weight excluding hydrogens is 493 g/mol. The molecule has 4 heterocycles. The normalized spacial score (nSPS) is 13.6. The van der Waals surface area contributed by atoms with E-state index in [0.29, 0.717) is 39.8 Å². The Morgan fingerprint density at radius 1 is 1.05 bits per heavy atom. The number of halogens is 2. The van der Waals surface area contributed by atoms with Crippen LogP contribution in [0.15, 0.2) is 67.3 Å². The number of ether oxygens (including phenoxy) is 1. The lowest BCUT2D eigenvalue weighted by Gasteiger charge is -2.24. The molecule has 0 amide bonds. The largest absolute Gasteiger partial charge is 0.439 e. The third kappa shape index (κ3) is 5.67. The lowest BCUT2D eigenvalue weighted by Crippen LogP contribution is -2.43. The number of H-pyrrole nitrogens is 1. The summed E-state index contributed by atoms with van der Waals surface area (Å²) in [5.74, 6) is 0.565. The number of aromatic amines is 1. The Kier molecular flexibility index (Phi) is 7.51. The van der Waals surface area contributed by atoms with E-state index in [1.54, 1.807) is 55.1 Å². The topological polar surface area (TPSA) is 103 Å². The molecule has 186 valence electrons. The number of pyridine rings is 2. The van der Waals surface area contributed by atoms with Crippen LogP contribution in [-0.2, 0) is 0 Å². The van der Waals surface area contributed by atoms with Gasteiger partial charge in [0, 0.05) is 67.1 Å². The molecule has 0 unspecified atom stereocenters. The number of imidazole rings is 1. The van der Waals surface area contributed by atoms with Gasteiger partial charge in [-0.05, 0) is 24.3 Å². The maximum absolute atomic E-state index is 14.8. The summed E-state index contributed by atoms with van der Waals surface area (Å²) < 4.78 is 20.5. The van der Waals surface area contributed by atoms with E-state index in [9.17, 15) is 4.39 Å². The van der Waals surface area contributed by atoms with Crippen LogP contribution in [0.25, 0.3) is 33.1 Å². The molecule has 0 aliphatic carbocycles. The summed E-state index contributed by atoms with van der Waals surface area (Å²) in [5.41, 5.74) is 2.99. The van der Waals surface area contributed by atoms with Crippen LogP contribution in [0.2, 0.25) is 5.02 Å². The van der Waals surface area contributed by atoms with Crippen LogP contribution >= 0.6 is 11.6 Å². The quantitative estimate of drug-likeness (QED) is 0.318. The van der Waals surface area contributed by atoms with Gasteiger partial charge in [-0.3, -0.25) is 9.88 Å². The van der Waals surface area contributed by atoms with Crippen molar-refractivity contribution in [2.24, 2.45) is 0 Å². The highest BCUT2D eigenvalue weighted by atomic mass is 35.5. The minimum Gasteiger partial charge on any atom is -0.439 e. The Balaban J connectivity index is 0.000000265. The van der Waals surface area contributed by atoms with E-state index in [1.807, 2.05) is 6.07 Å². The molecule has 0 radical (unpaired) electrons. The second-order valence-corrected chi connectivity index (χ2v) is 8.78. The Morgan fingerprint density at radius 3 is 2.68 bits per heavy atom. The van der Waals surface area contributed by atoms with Crippen LogP contribution in [0.4, 0.5) is 4.39 Å². The number of nitriles is 1. The number of nitrogens with zero attached hydrogens (tertiary/aromatic N) is 5. The summed E-state index contributed by atoms with van der Waals surface area (Å²) in [6.45, 7) is 4.69. The van der Waals surface area contributed by atoms with Gasteiger partial charge in [0.2, 0.25) is 5.88 Å². The molecule has 0 saturated carbocycles. The highest BCUT2D eigenvalue weighted by molar-refractivity contribution is 6.33. The molecule has 10 heteroatoms. The number of aromatic nitrogens is 4. The van der Waals surface area contributed by atoms with Crippen molar-refractivity contribution in [2.45, 2.75) is 0 Å². The molecule has 1 aliphatic heterocycles. The van der Waals surface area contributed by atoms with Crippen molar-refractivity contribution in [3.05, 3.63) is 78.1 Å². The molecule has 37 heavy (non-hydrogen) atoms. The zero-order valence-electron chi connectivity index (χ0n) is 19.8. The maximum atomic E-state index is 14.8. The highest BCUT2D eigenvalue weighted by Crippen LogP contribution is 2.36. The molecule has 1 fully saturated rings. The Morgan fingerprint density at radius 2 is 1.92 bits per heavy atom. The summed E-state index contributed by atoms with van der Waals surface area (Å²) >= 11 is 6.45. The molecular formula is C27H23ClFN7O. The second kappa shape index (κ2) is 11.3. The minimum absolute atomic E-state index is 0.369. The Labute approximate surface area is 217 Å². The van der Waals surface area contributed by atoms with Gasteiger partial charge < -0.3 is 15.0 Å². The van der Waals surface area contributed by atoms with Gasteiger partial charge in [-0.1, -0.05) is 17.7 Å². The lowest BCUT2D eigenvalue weighted by atomic mass is 10.0. The van der Waals surface area contributed by atoms with E-state index in [2.05, 4.69) is 36.2 Å². The van der Waals surface area contributed by atoms with Crippen molar-refractivity contribution in [3.63, 3.8) is 0 Å². The van der Waals surface area contributed by atoms with Gasteiger partial charge in [0.15, 0.2) is 0 Å². The molecule has 1 aliphatic rings. The van der Waals surface area contributed by atoms with Crippen LogP contribution in [-0.4, -0.2) is 57.6 Å². The summed E-state index contributed by atoms with van der Waals surface area (Å²) in [7, 11) is 0. The summed E-state index contributed by atoms with van der Waals surface area (Å²) in [6.07, 6.45) is 4.87. The van der Waals surface area contributed by atoms with Crippen LogP contribution < -0.4 is 10.1 Å². The number of hydrogen-bond donors (Lipinski definition) is 2. The van der Waals surface area contributed by atoms with E-state index in [-0.39, 0.29) is 0 Å². The molecule has 0 bridgehead atoms. The van der Waals surface area contributed by atoms with Crippen LogP contribution in [0, 0.1) is 17.1 Å². The molecule has 0 spiro atoms. The van der Waals surface area contributed by atoms with E-state index >= 15 is 0 Å². The monoisotopic (exact) mass is 515 g/mol. The first-order valence-electron chi connectivity index (χ1n) is 11.7. The lowest BCUT2D eigenvalue weighted by molar-refractivity contribution is 0.267. The highest BCUT2D eigenvalue weighted by Gasteiger charge is 2.15. The fourth-order valence-corrected chi connectivity index (χ4v) is 4.36. The summed E-state index contributed by atoms with van der Waals surface area (Å²) in [4.78, 5) is 17.9. The molecule has 2 aromatic carbocycles. The van der Waals surface area contributed by atoms with Gasteiger partial charge in [0.05, 0.1) is 46.7 Å². The van der Waals surface area contributed by atoms with Crippen molar-refractivity contribution in [1.82, 2.24) is 30.2 Å². The predicted octanol–water partition coefficient (Wildman–Crippen LogP) is 5.17. The van der Waals surface area contributed by atoms with Crippen LogP contribution in [0.1, 0.15) is 0 Å². The van der Waals surface area contributed by atoms with Crippen LogP contribution in [0.3, 0.4) is 0 Å². The Hall–Kier alpha value is -4.10. The number of hydrogen-bond acceptors (Lipinski definition) is 7. The van der Waals surface area contributed by atoms with E-state index in [4.69, 9.17) is 21.6 Å². The van der Waals surface area contributed by atoms with Crippen molar-refractivity contribution in [3.8, 4) is 28.8 Å². The minimum atomic E-state index is -0.407. The molecule has 1 saturated heterocycles. The number of nitrogens with one attached hydrogen (secondary N) is 2. The average molecular weight is 516 g/mol. The summed E-state index contributed by atoms with van der Waals surface area (Å²) in [6, 6.07) is 15.7. The van der Waals surface area contributed by atoms with Crippen molar-refractivity contribution < 1.29 is 9.13 Å². The average Bonchev–Trinajstić information content (AvgIpc) is 3.40. The van der Waals surface area contributed by atoms with Gasteiger partial charge in [-0.15, -0.1) is 0 Å². The molecule has 0 atom stereocenters. The maximum Gasteiger partial charge on any atom is 0.219 e. The SMILES string of the molecule is Fc1cc2ncc3[nH]cnc3c2cc1-c1ccc(Oc2ccccn2)cc1Cl.N#CCN1CCNCC1. The number of benzene rings is 2. The van der Waals surface area contributed by atoms with E-state index in [0.717, 1.165) is 42.6 Å². The van der Waals surface area contributed by atoms with Crippen LogP contribution in [0.5, 0.6) is 11.6 Å². The third-order valence-electron chi connectivity index (χ3n) is 5.94. The van der Waals surface area contributed by atoms with Crippen molar-refractivity contribution in [1.29, 1.82) is 5.26 Å². The van der Waals surface area contributed by atoms with Crippen molar-refractivity contribution in [2.75, 3.05) is 32.7 Å². The number of fused-ring (bicyclic) bond motifs is 3. The van der Waals surface area contributed by atoms with E-state index in [1.165, 1.54) is 6.07 Å². The van der Waals surface area contributed by atoms with Gasteiger partial charge in [0.1, 0.15) is 11.6 Å². The van der Waals surface area contributed by atoms with Gasteiger partial charge in [-0.25, -0.2) is 14.4 Å². The van der Waals surface area contributed by atoms with E-state index < -0.39 is 5.82 Å². The predicted molar refractivity (Wildman–Crippen MR) is 141 cm³/mol. The molecule has 5 aromatic rings. The molecule has 3 aromatic heterocycles. The first-order valence-corrected chi connectivity index (χ1v) is 12.1. The first-order chi connectivity index (χ1) is 18.1. The fraction of sp³-hybridized carbons (Fsp3) is 0.185. The first kappa shape index (κ1) is 24.6. The smallest absolute Gasteiger partial charge is 0.219 e. The zero-order chi connectivity index (χ0) is 25.6. The standard InChI is InChI=1S/C21H12ClFN4O.C6H11N3/c22-16-7-12(28-20-3-1-2-6-24-20)4-5-13(16)14-8-15-18(9-17(14)23)25-10-19-21(15)27-11-26-19;7-1-4-9-5-2-8-3-6-9/h1-11H,(H,26,27);8H,2-6H2. The molecule has 2 N–H and O–H groups in total. The third-order valence-corrected chi connectivity index (χ3v) is 6.25. The van der Waals surface area contributed by atoms with Crippen molar-refractivity contribution >= 4 is 33.5 Å².